The summed E-state index contributed by atoms with van der Waals surface area (Å²) in [5.74, 6) is -0.337. The molecular formula is C18H16FNO. The molecule has 1 heterocycles. The van der Waals surface area contributed by atoms with Gasteiger partial charge in [0.05, 0.1) is 6.04 Å². The minimum atomic E-state index is -0.302. The molecule has 0 bridgehead atoms. The van der Waals surface area contributed by atoms with Gasteiger partial charge >= 0.3 is 0 Å². The number of amides is 1. The normalized spacial score (nSPS) is 20.3. The lowest BCUT2D eigenvalue weighted by Gasteiger charge is -2.19. The van der Waals surface area contributed by atoms with Gasteiger partial charge in [-0.25, -0.2) is 4.39 Å². The summed E-state index contributed by atoms with van der Waals surface area (Å²) >= 11 is 0. The number of nitrogens with zero attached hydrogens (tertiary/aromatic N) is 1. The molecule has 3 heteroatoms. The van der Waals surface area contributed by atoms with Crippen molar-refractivity contribution in [3.05, 3.63) is 77.1 Å². The molecule has 21 heavy (non-hydrogen) atoms. The zero-order valence-corrected chi connectivity index (χ0v) is 11.8. The molecule has 0 radical (unpaired) electrons. The second kappa shape index (κ2) is 5.52. The number of hydrogen-bond acceptors (Lipinski definition) is 1. The van der Waals surface area contributed by atoms with Crippen LogP contribution in [0.25, 0.3) is 6.08 Å². The highest BCUT2D eigenvalue weighted by molar-refractivity contribution is 6.00. The topological polar surface area (TPSA) is 20.3 Å². The molecule has 0 aliphatic carbocycles. The number of hydrogen-bond donors (Lipinski definition) is 0. The van der Waals surface area contributed by atoms with E-state index in [1.54, 1.807) is 36.2 Å². The molecular weight excluding hydrogens is 265 g/mol. The van der Waals surface area contributed by atoms with Crippen LogP contribution in [0.4, 0.5) is 4.39 Å². The Morgan fingerprint density at radius 1 is 1.10 bits per heavy atom. The van der Waals surface area contributed by atoms with E-state index in [0.29, 0.717) is 17.6 Å². The van der Waals surface area contributed by atoms with E-state index in [0.717, 1.165) is 5.56 Å². The zero-order valence-electron chi connectivity index (χ0n) is 11.8. The van der Waals surface area contributed by atoms with Crippen LogP contribution in [0.15, 0.2) is 60.2 Å². The second-order valence-electron chi connectivity index (χ2n) is 5.24. The van der Waals surface area contributed by atoms with Gasteiger partial charge in [0.1, 0.15) is 5.82 Å². The molecule has 106 valence electrons. The number of likely N-dealkylation sites (N-methyl/N-ethyl adjacent to an activating group) is 1. The molecule has 1 atom stereocenters. The molecule has 1 fully saturated rings. The SMILES string of the molecule is CN1C(=O)/C(=C/c2ccccc2F)CC1c1ccccc1. The molecule has 1 amide bonds. The summed E-state index contributed by atoms with van der Waals surface area (Å²) in [6, 6.07) is 16.4. The van der Waals surface area contributed by atoms with Crippen LogP contribution in [-0.2, 0) is 4.79 Å². The van der Waals surface area contributed by atoms with Gasteiger partial charge in [-0.3, -0.25) is 4.79 Å². The van der Waals surface area contributed by atoms with Gasteiger partial charge in [0.15, 0.2) is 0 Å². The maximum atomic E-state index is 13.7. The van der Waals surface area contributed by atoms with Crippen LogP contribution in [0.2, 0.25) is 0 Å². The van der Waals surface area contributed by atoms with Gasteiger partial charge in [-0.2, -0.15) is 0 Å². The maximum Gasteiger partial charge on any atom is 0.250 e. The summed E-state index contributed by atoms with van der Waals surface area (Å²) < 4.78 is 13.7. The van der Waals surface area contributed by atoms with Crippen LogP contribution < -0.4 is 0 Å². The van der Waals surface area contributed by atoms with Crippen molar-refractivity contribution in [2.24, 2.45) is 0 Å². The number of benzene rings is 2. The van der Waals surface area contributed by atoms with Crippen molar-refractivity contribution in [1.82, 2.24) is 4.90 Å². The quantitative estimate of drug-likeness (QED) is 0.766. The number of rotatable bonds is 2. The first-order valence-corrected chi connectivity index (χ1v) is 6.94. The van der Waals surface area contributed by atoms with Crippen LogP contribution in [0, 0.1) is 5.82 Å². The monoisotopic (exact) mass is 281 g/mol. The smallest absolute Gasteiger partial charge is 0.250 e. The fraction of sp³-hybridized carbons (Fsp3) is 0.167. The number of likely N-dealkylation sites (tertiary alicyclic amines) is 1. The van der Waals surface area contributed by atoms with Crippen LogP contribution in [0.3, 0.4) is 0 Å². The molecule has 3 rings (SSSR count). The average Bonchev–Trinajstić information content (AvgIpc) is 2.79. The van der Waals surface area contributed by atoms with Crippen molar-refractivity contribution >= 4 is 12.0 Å². The second-order valence-corrected chi connectivity index (χ2v) is 5.24. The predicted octanol–water partition coefficient (Wildman–Crippen LogP) is 3.81. The summed E-state index contributed by atoms with van der Waals surface area (Å²) in [6.07, 6.45) is 2.27. The minimum absolute atomic E-state index is 0.0247. The third-order valence-electron chi connectivity index (χ3n) is 3.90. The van der Waals surface area contributed by atoms with E-state index >= 15 is 0 Å². The van der Waals surface area contributed by atoms with Crippen LogP contribution in [0.1, 0.15) is 23.6 Å². The van der Waals surface area contributed by atoms with Gasteiger partial charge in [-0.15, -0.1) is 0 Å². The largest absolute Gasteiger partial charge is 0.335 e. The van der Waals surface area contributed by atoms with Crippen molar-refractivity contribution in [3.63, 3.8) is 0 Å². The molecule has 1 saturated heterocycles. The highest BCUT2D eigenvalue weighted by Crippen LogP contribution is 2.35. The highest BCUT2D eigenvalue weighted by Gasteiger charge is 2.33. The Morgan fingerprint density at radius 3 is 2.48 bits per heavy atom. The van der Waals surface area contributed by atoms with Crippen molar-refractivity contribution in [1.29, 1.82) is 0 Å². The number of carbonyl (C=O) groups excluding carboxylic acids is 1. The Kier molecular flexibility index (Phi) is 3.57. The zero-order chi connectivity index (χ0) is 14.8. The molecule has 2 nitrogen and oxygen atoms in total. The van der Waals surface area contributed by atoms with Gasteiger partial charge in [0.2, 0.25) is 5.91 Å². The molecule has 2 aromatic rings. The van der Waals surface area contributed by atoms with Gasteiger partial charge in [0.25, 0.3) is 0 Å². The van der Waals surface area contributed by atoms with Crippen molar-refractivity contribution in [2.75, 3.05) is 7.05 Å². The van der Waals surface area contributed by atoms with E-state index in [2.05, 4.69) is 0 Å². The van der Waals surface area contributed by atoms with Gasteiger partial charge < -0.3 is 4.90 Å². The van der Waals surface area contributed by atoms with Gasteiger partial charge in [-0.05, 0) is 17.7 Å². The molecule has 2 aromatic carbocycles. The van der Waals surface area contributed by atoms with E-state index in [4.69, 9.17) is 0 Å². The molecule has 0 saturated carbocycles. The molecule has 1 aliphatic rings. The average molecular weight is 281 g/mol. The Hall–Kier alpha value is -2.42. The molecule has 1 aliphatic heterocycles. The fourth-order valence-electron chi connectivity index (χ4n) is 2.72. The van der Waals surface area contributed by atoms with Crippen molar-refractivity contribution in [3.8, 4) is 0 Å². The molecule has 0 spiro atoms. The first-order chi connectivity index (χ1) is 10.2. The molecule has 1 unspecified atom stereocenters. The van der Waals surface area contributed by atoms with E-state index in [9.17, 15) is 9.18 Å². The summed E-state index contributed by atoms with van der Waals surface area (Å²) in [6.45, 7) is 0. The van der Waals surface area contributed by atoms with Crippen molar-refractivity contribution < 1.29 is 9.18 Å². The third kappa shape index (κ3) is 2.59. The molecule has 0 aromatic heterocycles. The Balaban J connectivity index is 1.93. The van der Waals surface area contributed by atoms with E-state index < -0.39 is 0 Å². The highest BCUT2D eigenvalue weighted by atomic mass is 19.1. The summed E-state index contributed by atoms with van der Waals surface area (Å²) in [7, 11) is 1.79. The van der Waals surface area contributed by atoms with Crippen molar-refractivity contribution in [2.45, 2.75) is 12.5 Å². The minimum Gasteiger partial charge on any atom is -0.335 e. The summed E-state index contributed by atoms with van der Waals surface area (Å²) in [4.78, 5) is 14.1. The predicted molar refractivity (Wildman–Crippen MR) is 80.9 cm³/mol. The lowest BCUT2D eigenvalue weighted by molar-refractivity contribution is -0.124. The first-order valence-electron chi connectivity index (χ1n) is 6.94. The number of halogens is 1. The van der Waals surface area contributed by atoms with Crippen LogP contribution in [0.5, 0.6) is 0 Å². The summed E-state index contributed by atoms with van der Waals surface area (Å²) in [5, 5.41) is 0. The fourth-order valence-corrected chi connectivity index (χ4v) is 2.72. The maximum absolute atomic E-state index is 13.7. The first kappa shape index (κ1) is 13.6. The van der Waals surface area contributed by atoms with E-state index in [1.165, 1.54) is 6.07 Å². The Labute approximate surface area is 123 Å². The third-order valence-corrected chi connectivity index (χ3v) is 3.90. The summed E-state index contributed by atoms with van der Waals surface area (Å²) in [5.41, 5.74) is 2.21. The van der Waals surface area contributed by atoms with Crippen LogP contribution >= 0.6 is 0 Å². The molecule has 0 N–H and O–H groups in total. The Morgan fingerprint density at radius 2 is 1.76 bits per heavy atom. The number of carbonyl (C=O) groups is 1. The van der Waals surface area contributed by atoms with Gasteiger partial charge in [0, 0.05) is 24.6 Å². The standard InChI is InChI=1S/C18H16FNO/c1-20-17(13-7-3-2-4-8-13)12-15(18(20)21)11-14-9-5-6-10-16(14)19/h2-11,17H,12H2,1H3/b15-11+. The van der Waals surface area contributed by atoms with Crippen LogP contribution in [-0.4, -0.2) is 17.9 Å². The lowest BCUT2D eigenvalue weighted by atomic mass is 10.0. The van der Waals surface area contributed by atoms with E-state index in [1.807, 2.05) is 30.3 Å². The van der Waals surface area contributed by atoms with E-state index in [-0.39, 0.29) is 17.8 Å². The van der Waals surface area contributed by atoms with Gasteiger partial charge in [-0.1, -0.05) is 48.5 Å². The lowest BCUT2D eigenvalue weighted by Crippen LogP contribution is -2.22. The Bertz CT molecular complexity index is 693.